The largest absolute Gasteiger partial charge is 0.341 e. The predicted molar refractivity (Wildman–Crippen MR) is 88.7 cm³/mol. The second-order valence-corrected chi connectivity index (χ2v) is 6.61. The average molecular weight is 331 g/mol. The van der Waals surface area contributed by atoms with Gasteiger partial charge in [-0.25, -0.2) is 0 Å². The smallest absolute Gasteiger partial charge is 0.269 e. The van der Waals surface area contributed by atoms with Crippen molar-refractivity contribution in [3.63, 3.8) is 0 Å². The van der Waals surface area contributed by atoms with Gasteiger partial charge in [0.25, 0.3) is 5.69 Å². The molecule has 1 aromatic carbocycles. The van der Waals surface area contributed by atoms with Gasteiger partial charge in [0.05, 0.1) is 4.92 Å². The van der Waals surface area contributed by atoms with Gasteiger partial charge in [0.1, 0.15) is 6.54 Å². The number of hydrogen-bond donors (Lipinski definition) is 0. The first kappa shape index (κ1) is 16.4. The number of rotatable bonds is 3. The second kappa shape index (κ2) is 6.59. The van der Waals surface area contributed by atoms with Crippen molar-refractivity contribution in [2.75, 3.05) is 24.5 Å². The third kappa shape index (κ3) is 3.25. The summed E-state index contributed by atoms with van der Waals surface area (Å²) in [7, 11) is 0. The lowest BCUT2D eigenvalue weighted by atomic mass is 9.98. The fourth-order valence-corrected chi connectivity index (χ4v) is 3.33. The zero-order chi connectivity index (χ0) is 17.3. The first-order valence-electron chi connectivity index (χ1n) is 8.31. The van der Waals surface area contributed by atoms with Crippen LogP contribution < -0.4 is 4.90 Å². The number of anilines is 1. The van der Waals surface area contributed by atoms with Crippen molar-refractivity contribution in [1.29, 1.82) is 0 Å². The molecule has 2 aliphatic heterocycles. The predicted octanol–water partition coefficient (Wildman–Crippen LogP) is 2.13. The number of benzene rings is 1. The lowest BCUT2D eigenvalue weighted by molar-refractivity contribution is -0.384. The molecule has 2 amide bonds. The molecule has 0 aliphatic carbocycles. The van der Waals surface area contributed by atoms with E-state index in [4.69, 9.17) is 0 Å². The van der Waals surface area contributed by atoms with Gasteiger partial charge in [-0.3, -0.25) is 19.7 Å². The molecule has 0 spiro atoms. The molecule has 1 saturated heterocycles. The second-order valence-electron chi connectivity index (χ2n) is 6.61. The highest BCUT2D eigenvalue weighted by molar-refractivity contribution is 6.01. The quantitative estimate of drug-likeness (QED) is 0.627. The summed E-state index contributed by atoms with van der Waals surface area (Å²) in [6.07, 6.45) is 2.73. The van der Waals surface area contributed by atoms with Gasteiger partial charge < -0.3 is 9.80 Å². The zero-order valence-electron chi connectivity index (χ0n) is 13.7. The van der Waals surface area contributed by atoms with Crippen LogP contribution in [0.15, 0.2) is 18.2 Å². The van der Waals surface area contributed by atoms with Crippen molar-refractivity contribution in [2.45, 2.75) is 32.6 Å². The van der Waals surface area contributed by atoms with E-state index >= 15 is 0 Å². The minimum absolute atomic E-state index is 0.0119. The van der Waals surface area contributed by atoms with E-state index in [0.717, 1.165) is 31.5 Å². The molecular weight excluding hydrogens is 310 g/mol. The highest BCUT2D eigenvalue weighted by Crippen LogP contribution is 2.31. The summed E-state index contributed by atoms with van der Waals surface area (Å²) in [4.78, 5) is 38.5. The van der Waals surface area contributed by atoms with Crippen molar-refractivity contribution in [3.8, 4) is 0 Å². The van der Waals surface area contributed by atoms with E-state index in [1.54, 1.807) is 6.07 Å². The van der Waals surface area contributed by atoms with E-state index in [2.05, 4.69) is 6.92 Å². The van der Waals surface area contributed by atoms with E-state index in [9.17, 15) is 19.7 Å². The Balaban J connectivity index is 1.77. The number of carbonyl (C=O) groups excluding carboxylic acids is 2. The molecule has 128 valence electrons. The monoisotopic (exact) mass is 331 g/mol. The maximum Gasteiger partial charge on any atom is 0.269 e. The maximum absolute atomic E-state index is 12.5. The number of amides is 2. The Hall–Kier alpha value is -2.44. The Morgan fingerprint density at radius 3 is 2.67 bits per heavy atom. The van der Waals surface area contributed by atoms with Crippen LogP contribution in [-0.2, 0) is 16.0 Å². The Labute approximate surface area is 140 Å². The van der Waals surface area contributed by atoms with Crippen LogP contribution in [0.25, 0.3) is 0 Å². The van der Waals surface area contributed by atoms with Gasteiger partial charge in [0.15, 0.2) is 0 Å². The van der Waals surface area contributed by atoms with Gasteiger partial charge in [-0.15, -0.1) is 0 Å². The number of piperidine rings is 1. The number of carbonyl (C=O) groups is 2. The van der Waals surface area contributed by atoms with E-state index in [1.165, 1.54) is 17.0 Å². The molecule has 3 rings (SSSR count). The molecule has 7 heteroatoms. The van der Waals surface area contributed by atoms with Crippen molar-refractivity contribution < 1.29 is 14.5 Å². The SMILES string of the molecule is CC1CCN(C(=O)CN2C(=O)CCc3cc([N+](=O)[O-])ccc32)CC1. The molecule has 24 heavy (non-hydrogen) atoms. The third-order valence-corrected chi connectivity index (χ3v) is 4.90. The Morgan fingerprint density at radius 1 is 1.29 bits per heavy atom. The first-order valence-corrected chi connectivity index (χ1v) is 8.31. The topological polar surface area (TPSA) is 83.8 Å². The highest BCUT2D eigenvalue weighted by atomic mass is 16.6. The molecule has 0 unspecified atom stereocenters. The van der Waals surface area contributed by atoms with Gasteiger partial charge in [-0.1, -0.05) is 6.92 Å². The number of hydrogen-bond acceptors (Lipinski definition) is 4. The summed E-state index contributed by atoms with van der Waals surface area (Å²) in [5.74, 6) is 0.475. The molecule has 1 aromatic rings. The van der Waals surface area contributed by atoms with Gasteiger partial charge in [0, 0.05) is 37.3 Å². The molecule has 0 atom stereocenters. The molecule has 2 heterocycles. The van der Waals surface area contributed by atoms with E-state index < -0.39 is 4.92 Å². The molecule has 2 aliphatic rings. The number of fused-ring (bicyclic) bond motifs is 1. The number of nitrogens with zero attached hydrogens (tertiary/aromatic N) is 3. The average Bonchev–Trinajstić information content (AvgIpc) is 2.57. The van der Waals surface area contributed by atoms with Crippen molar-refractivity contribution in [3.05, 3.63) is 33.9 Å². The van der Waals surface area contributed by atoms with Gasteiger partial charge in [0.2, 0.25) is 11.8 Å². The summed E-state index contributed by atoms with van der Waals surface area (Å²) < 4.78 is 0. The number of nitro groups is 1. The molecule has 0 bridgehead atoms. The Bertz CT molecular complexity index is 680. The molecule has 0 radical (unpaired) electrons. The standard InChI is InChI=1S/C17H21N3O4/c1-12-6-8-18(9-7-12)17(22)11-19-15-4-3-14(20(23)24)10-13(15)2-5-16(19)21/h3-4,10,12H,2,5-9,11H2,1H3. The summed E-state index contributed by atoms with van der Waals surface area (Å²) in [6.45, 7) is 3.65. The highest BCUT2D eigenvalue weighted by Gasteiger charge is 2.29. The maximum atomic E-state index is 12.5. The molecule has 7 nitrogen and oxygen atoms in total. The van der Waals surface area contributed by atoms with Gasteiger partial charge >= 0.3 is 0 Å². The zero-order valence-corrected chi connectivity index (χ0v) is 13.7. The van der Waals surface area contributed by atoms with Crippen LogP contribution in [0.4, 0.5) is 11.4 Å². The van der Waals surface area contributed by atoms with Crippen LogP contribution in [-0.4, -0.2) is 41.3 Å². The summed E-state index contributed by atoms with van der Waals surface area (Å²) >= 11 is 0. The minimum atomic E-state index is -0.443. The van der Waals surface area contributed by atoms with Crippen molar-refractivity contribution in [1.82, 2.24) is 4.90 Å². The van der Waals surface area contributed by atoms with E-state index in [-0.39, 0.29) is 30.5 Å². The van der Waals surface area contributed by atoms with Crippen LogP contribution >= 0.6 is 0 Å². The molecule has 0 saturated carbocycles. The third-order valence-electron chi connectivity index (χ3n) is 4.90. The normalized spacial score (nSPS) is 18.5. The van der Waals surface area contributed by atoms with Crippen molar-refractivity contribution >= 4 is 23.2 Å². The Morgan fingerprint density at radius 2 is 2.00 bits per heavy atom. The number of non-ortho nitro benzene ring substituents is 1. The molecular formula is C17H21N3O4. The van der Waals surface area contributed by atoms with Crippen LogP contribution in [0.2, 0.25) is 0 Å². The fraction of sp³-hybridized carbons (Fsp3) is 0.529. The van der Waals surface area contributed by atoms with Crippen LogP contribution in [0.5, 0.6) is 0 Å². The Kier molecular flexibility index (Phi) is 4.51. The van der Waals surface area contributed by atoms with Crippen LogP contribution in [0, 0.1) is 16.0 Å². The van der Waals surface area contributed by atoms with Crippen LogP contribution in [0.1, 0.15) is 31.7 Å². The molecule has 1 fully saturated rings. The lowest BCUT2D eigenvalue weighted by Crippen LogP contribution is -2.47. The molecule has 0 N–H and O–H groups in total. The number of aryl methyl sites for hydroxylation is 1. The van der Waals surface area contributed by atoms with Gasteiger partial charge in [-0.2, -0.15) is 0 Å². The lowest BCUT2D eigenvalue weighted by Gasteiger charge is -2.34. The van der Waals surface area contributed by atoms with Crippen LogP contribution in [0.3, 0.4) is 0 Å². The summed E-state index contributed by atoms with van der Waals surface area (Å²) in [6, 6.07) is 4.47. The molecule has 0 aromatic heterocycles. The summed E-state index contributed by atoms with van der Waals surface area (Å²) in [5.41, 5.74) is 1.39. The van der Waals surface area contributed by atoms with Gasteiger partial charge in [-0.05, 0) is 36.8 Å². The number of likely N-dealkylation sites (tertiary alicyclic amines) is 1. The van der Waals surface area contributed by atoms with Crippen molar-refractivity contribution in [2.24, 2.45) is 5.92 Å². The summed E-state index contributed by atoms with van der Waals surface area (Å²) in [5, 5.41) is 10.9. The fourth-order valence-electron chi connectivity index (χ4n) is 3.33. The van der Waals surface area contributed by atoms with E-state index in [0.29, 0.717) is 18.0 Å². The first-order chi connectivity index (χ1) is 11.5. The van der Waals surface area contributed by atoms with E-state index in [1.807, 2.05) is 4.90 Å². The minimum Gasteiger partial charge on any atom is -0.341 e. The number of nitro benzene ring substituents is 1.